The Bertz CT molecular complexity index is 1410. The highest BCUT2D eigenvalue weighted by molar-refractivity contribution is 6.07. The SMILES string of the molecule is CCOc1cc(C2C3=C(CC(C)(C)CC3=O)N(Cc3ccccc3)C3=C2C(=O)CC(C)(C)C3)cc([N+](=O)[O-])c1O. The highest BCUT2D eigenvalue weighted by Crippen LogP contribution is 2.56. The summed E-state index contributed by atoms with van der Waals surface area (Å²) < 4.78 is 5.58. The number of carbonyl (C=O) groups is 2. The van der Waals surface area contributed by atoms with Gasteiger partial charge in [0, 0.05) is 53.9 Å². The molecule has 0 saturated heterocycles. The normalized spacial score (nSPS) is 20.4. The van der Waals surface area contributed by atoms with Crippen LogP contribution < -0.4 is 4.74 Å². The summed E-state index contributed by atoms with van der Waals surface area (Å²) in [6.45, 7) is 10.7. The van der Waals surface area contributed by atoms with Crippen LogP contribution in [-0.4, -0.2) is 33.1 Å². The van der Waals surface area contributed by atoms with Gasteiger partial charge in [0.15, 0.2) is 17.3 Å². The summed E-state index contributed by atoms with van der Waals surface area (Å²) in [6.07, 6.45) is 1.87. The Morgan fingerprint density at radius 2 is 1.50 bits per heavy atom. The van der Waals surface area contributed by atoms with Crippen LogP contribution in [0.1, 0.15) is 77.3 Å². The fourth-order valence-electron chi connectivity index (χ4n) is 6.52. The van der Waals surface area contributed by atoms with Crippen LogP contribution in [0.15, 0.2) is 65.0 Å². The Kier molecular flexibility index (Phi) is 6.84. The van der Waals surface area contributed by atoms with Crippen molar-refractivity contribution in [2.75, 3.05) is 6.61 Å². The monoisotopic (exact) mass is 544 g/mol. The number of benzene rings is 2. The van der Waals surface area contributed by atoms with Gasteiger partial charge in [-0.2, -0.15) is 0 Å². The van der Waals surface area contributed by atoms with Gasteiger partial charge in [-0.3, -0.25) is 19.7 Å². The number of allylic oxidation sites excluding steroid dienone is 4. The molecule has 8 heteroatoms. The number of Topliss-reactive ketones (excluding diaryl/α,β-unsaturated/α-hetero) is 2. The minimum atomic E-state index is -0.775. The zero-order chi connectivity index (χ0) is 29.0. The van der Waals surface area contributed by atoms with E-state index in [0.29, 0.717) is 48.9 Å². The molecule has 40 heavy (non-hydrogen) atoms. The quantitative estimate of drug-likeness (QED) is 0.323. The molecule has 2 aliphatic carbocycles. The lowest BCUT2D eigenvalue weighted by molar-refractivity contribution is -0.386. The van der Waals surface area contributed by atoms with E-state index in [1.165, 1.54) is 6.07 Å². The molecule has 0 bridgehead atoms. The third kappa shape index (κ3) is 4.91. The standard InChI is InChI=1S/C32H36N2O6/c1-6-40-26-13-20(12-21(30(26)37)34(38)39)27-28-22(14-31(2,3)16-24(28)35)33(18-19-10-8-7-9-11-19)23-15-32(4,5)17-25(36)29(23)27/h7-13,27,37H,6,14-18H2,1-5H3. The molecule has 8 nitrogen and oxygen atoms in total. The van der Waals surface area contributed by atoms with E-state index in [0.717, 1.165) is 17.0 Å². The highest BCUT2D eigenvalue weighted by atomic mass is 16.6. The average Bonchev–Trinajstić information content (AvgIpc) is 2.85. The summed E-state index contributed by atoms with van der Waals surface area (Å²) in [5.74, 6) is -1.50. The van der Waals surface area contributed by atoms with E-state index < -0.39 is 22.3 Å². The Balaban J connectivity index is 1.81. The Hall–Kier alpha value is -3.94. The van der Waals surface area contributed by atoms with Gasteiger partial charge in [-0.25, -0.2) is 0 Å². The minimum Gasteiger partial charge on any atom is -0.500 e. The van der Waals surface area contributed by atoms with Crippen LogP contribution in [0, 0.1) is 20.9 Å². The third-order valence-electron chi connectivity index (χ3n) is 8.11. The van der Waals surface area contributed by atoms with E-state index in [2.05, 4.69) is 32.6 Å². The zero-order valence-electron chi connectivity index (χ0n) is 23.7. The topological polar surface area (TPSA) is 110 Å². The van der Waals surface area contributed by atoms with Crippen LogP contribution in [0.4, 0.5) is 5.69 Å². The summed E-state index contributed by atoms with van der Waals surface area (Å²) >= 11 is 0. The molecular formula is C32H36N2O6. The fourth-order valence-corrected chi connectivity index (χ4v) is 6.52. The number of phenols is 1. The van der Waals surface area contributed by atoms with Crippen molar-refractivity contribution in [2.45, 2.75) is 72.8 Å². The summed E-state index contributed by atoms with van der Waals surface area (Å²) in [7, 11) is 0. The van der Waals surface area contributed by atoms with Gasteiger partial charge in [-0.1, -0.05) is 58.0 Å². The van der Waals surface area contributed by atoms with Crippen LogP contribution in [0.5, 0.6) is 11.5 Å². The van der Waals surface area contributed by atoms with Crippen molar-refractivity contribution in [1.29, 1.82) is 0 Å². The second-order valence-electron chi connectivity index (χ2n) is 12.7. The van der Waals surface area contributed by atoms with E-state index in [9.17, 15) is 24.8 Å². The predicted molar refractivity (Wildman–Crippen MR) is 151 cm³/mol. The molecule has 3 aliphatic rings. The summed E-state index contributed by atoms with van der Waals surface area (Å²) in [4.78, 5) is 41.5. The van der Waals surface area contributed by atoms with Gasteiger partial charge < -0.3 is 14.7 Å². The predicted octanol–water partition coefficient (Wildman–Crippen LogP) is 6.58. The van der Waals surface area contributed by atoms with Gasteiger partial charge >= 0.3 is 5.69 Å². The van der Waals surface area contributed by atoms with Crippen molar-refractivity contribution in [3.05, 3.63) is 86.2 Å². The van der Waals surface area contributed by atoms with Crippen LogP contribution >= 0.6 is 0 Å². The molecule has 0 saturated carbocycles. The molecular weight excluding hydrogens is 508 g/mol. The third-order valence-corrected chi connectivity index (χ3v) is 8.11. The molecule has 0 fully saturated rings. The number of nitro groups is 1. The maximum atomic E-state index is 14.0. The second kappa shape index (κ2) is 9.91. The molecule has 0 spiro atoms. The number of carbonyl (C=O) groups excluding carboxylic acids is 2. The van der Waals surface area contributed by atoms with Crippen molar-refractivity contribution in [1.82, 2.24) is 4.90 Å². The first-order valence-corrected chi connectivity index (χ1v) is 13.8. The minimum absolute atomic E-state index is 0.0325. The smallest absolute Gasteiger partial charge is 0.314 e. The van der Waals surface area contributed by atoms with E-state index in [1.807, 2.05) is 30.3 Å². The summed E-state index contributed by atoms with van der Waals surface area (Å²) in [5.41, 5.74) is 3.15. The molecule has 2 aromatic carbocycles. The maximum Gasteiger partial charge on any atom is 0.314 e. The van der Waals surface area contributed by atoms with E-state index in [1.54, 1.807) is 13.0 Å². The molecule has 2 aromatic rings. The zero-order valence-corrected chi connectivity index (χ0v) is 23.7. The molecule has 5 rings (SSSR count). The van der Waals surface area contributed by atoms with Crippen molar-refractivity contribution in [3.63, 3.8) is 0 Å². The molecule has 0 aromatic heterocycles. The van der Waals surface area contributed by atoms with Gasteiger partial charge in [0.25, 0.3) is 0 Å². The van der Waals surface area contributed by atoms with E-state index in [-0.39, 0.29) is 34.8 Å². The summed E-state index contributed by atoms with van der Waals surface area (Å²) in [5, 5.41) is 22.5. The first kappa shape index (κ1) is 27.6. The number of phenolic OH excluding ortho intramolecular Hbond substituents is 1. The van der Waals surface area contributed by atoms with Gasteiger partial charge in [-0.05, 0) is 47.8 Å². The van der Waals surface area contributed by atoms with E-state index >= 15 is 0 Å². The number of hydrogen-bond donors (Lipinski definition) is 1. The van der Waals surface area contributed by atoms with Crippen LogP contribution in [0.3, 0.4) is 0 Å². The molecule has 1 N–H and O–H groups in total. The number of nitro benzene ring substituents is 1. The maximum absolute atomic E-state index is 14.0. The molecule has 210 valence electrons. The number of hydrogen-bond acceptors (Lipinski definition) is 7. The molecule has 0 radical (unpaired) electrons. The first-order chi connectivity index (χ1) is 18.8. The van der Waals surface area contributed by atoms with Crippen LogP contribution in [-0.2, 0) is 16.1 Å². The van der Waals surface area contributed by atoms with Crippen LogP contribution in [0.25, 0.3) is 0 Å². The Morgan fingerprint density at radius 3 is 2.00 bits per heavy atom. The van der Waals surface area contributed by atoms with E-state index in [4.69, 9.17) is 4.74 Å². The lowest BCUT2D eigenvalue weighted by atomic mass is 9.63. The van der Waals surface area contributed by atoms with Crippen molar-refractivity contribution in [2.24, 2.45) is 10.8 Å². The van der Waals surface area contributed by atoms with Crippen molar-refractivity contribution >= 4 is 17.3 Å². The van der Waals surface area contributed by atoms with Crippen LogP contribution in [0.2, 0.25) is 0 Å². The molecule has 0 unspecified atom stereocenters. The number of ketones is 2. The number of aromatic hydroxyl groups is 1. The molecule has 1 aliphatic heterocycles. The van der Waals surface area contributed by atoms with Crippen molar-refractivity contribution < 1.29 is 24.4 Å². The fraction of sp³-hybridized carbons (Fsp3) is 0.438. The largest absolute Gasteiger partial charge is 0.500 e. The Morgan fingerprint density at radius 1 is 0.950 bits per heavy atom. The number of ether oxygens (including phenoxy) is 1. The van der Waals surface area contributed by atoms with Gasteiger partial charge in [0.1, 0.15) is 0 Å². The number of rotatable bonds is 6. The van der Waals surface area contributed by atoms with Crippen molar-refractivity contribution in [3.8, 4) is 11.5 Å². The molecule has 0 atom stereocenters. The number of nitrogens with zero attached hydrogens (tertiary/aromatic N) is 2. The second-order valence-corrected chi connectivity index (χ2v) is 12.7. The first-order valence-electron chi connectivity index (χ1n) is 13.8. The summed E-state index contributed by atoms with van der Waals surface area (Å²) in [6, 6.07) is 12.8. The molecule has 1 heterocycles. The molecule has 0 amide bonds. The van der Waals surface area contributed by atoms with Gasteiger partial charge in [0.2, 0.25) is 5.75 Å². The average molecular weight is 545 g/mol. The van der Waals surface area contributed by atoms with Gasteiger partial charge in [0.05, 0.1) is 11.5 Å². The van der Waals surface area contributed by atoms with Gasteiger partial charge in [-0.15, -0.1) is 0 Å². The Labute approximate surface area is 234 Å². The lowest BCUT2D eigenvalue weighted by Crippen LogP contribution is -2.44. The highest BCUT2D eigenvalue weighted by Gasteiger charge is 2.49. The lowest BCUT2D eigenvalue weighted by Gasteiger charge is -2.49.